The van der Waals surface area contributed by atoms with Crippen molar-refractivity contribution < 1.29 is 9.53 Å². The van der Waals surface area contributed by atoms with Crippen molar-refractivity contribution in [3.05, 3.63) is 0 Å². The van der Waals surface area contributed by atoms with E-state index in [1.807, 2.05) is 6.92 Å². The number of hydrogen-bond acceptors (Lipinski definition) is 3. The van der Waals surface area contributed by atoms with Gasteiger partial charge in [0.05, 0.1) is 11.6 Å². The number of carbonyl (C=O) groups excluding carboxylic acids is 1. The highest BCUT2D eigenvalue weighted by atomic mass is 16.5. The number of primary amides is 1. The predicted molar refractivity (Wildman–Crippen MR) is 82.5 cm³/mol. The van der Waals surface area contributed by atoms with Crippen LogP contribution in [0.4, 0.5) is 0 Å². The van der Waals surface area contributed by atoms with Gasteiger partial charge in [-0.05, 0) is 64.3 Å². The molecule has 1 fully saturated rings. The molecule has 0 radical (unpaired) electrons. The Kier molecular flexibility index (Phi) is 7.52. The van der Waals surface area contributed by atoms with Gasteiger partial charge in [0, 0.05) is 6.61 Å². The SMILES string of the molecule is CCCNC(C)(CCCOC1CCC(C)CC1)C(N)=O. The second kappa shape index (κ2) is 8.63. The van der Waals surface area contributed by atoms with Gasteiger partial charge >= 0.3 is 0 Å². The zero-order valence-electron chi connectivity index (χ0n) is 13.4. The molecule has 1 rings (SSSR count). The Hall–Kier alpha value is -0.610. The Morgan fingerprint density at radius 1 is 1.35 bits per heavy atom. The molecule has 1 unspecified atom stereocenters. The average Bonchev–Trinajstić information content (AvgIpc) is 2.43. The van der Waals surface area contributed by atoms with E-state index in [9.17, 15) is 4.79 Å². The van der Waals surface area contributed by atoms with Crippen LogP contribution in [0.15, 0.2) is 0 Å². The van der Waals surface area contributed by atoms with Crippen LogP contribution in [0.3, 0.4) is 0 Å². The number of nitrogens with two attached hydrogens (primary N) is 1. The lowest BCUT2D eigenvalue weighted by Crippen LogP contribution is -2.53. The zero-order valence-corrected chi connectivity index (χ0v) is 13.4. The maximum absolute atomic E-state index is 11.6. The van der Waals surface area contributed by atoms with Gasteiger partial charge in [-0.1, -0.05) is 13.8 Å². The third kappa shape index (κ3) is 5.80. The Labute approximate surface area is 123 Å². The predicted octanol–water partition coefficient (Wildman–Crippen LogP) is 2.61. The molecule has 4 nitrogen and oxygen atoms in total. The largest absolute Gasteiger partial charge is 0.378 e. The normalized spacial score (nSPS) is 26.1. The summed E-state index contributed by atoms with van der Waals surface area (Å²) in [4.78, 5) is 11.6. The lowest BCUT2D eigenvalue weighted by molar-refractivity contribution is -0.124. The molecule has 1 aliphatic carbocycles. The van der Waals surface area contributed by atoms with Crippen molar-refractivity contribution in [2.75, 3.05) is 13.2 Å². The molecule has 0 bridgehead atoms. The first-order valence-electron chi connectivity index (χ1n) is 8.14. The number of ether oxygens (including phenoxy) is 1. The summed E-state index contributed by atoms with van der Waals surface area (Å²) in [6.45, 7) is 7.85. The highest BCUT2D eigenvalue weighted by Crippen LogP contribution is 2.25. The molecule has 1 aliphatic rings. The maximum Gasteiger partial charge on any atom is 0.237 e. The lowest BCUT2D eigenvalue weighted by atomic mass is 9.89. The Bertz CT molecular complexity index is 288. The van der Waals surface area contributed by atoms with Crippen LogP contribution in [-0.2, 0) is 9.53 Å². The van der Waals surface area contributed by atoms with Crippen molar-refractivity contribution in [1.29, 1.82) is 0 Å². The third-order valence-electron chi connectivity index (χ3n) is 4.45. The summed E-state index contributed by atoms with van der Waals surface area (Å²) in [7, 11) is 0. The van der Waals surface area contributed by atoms with E-state index in [0.29, 0.717) is 6.10 Å². The summed E-state index contributed by atoms with van der Waals surface area (Å²) in [6, 6.07) is 0. The number of hydrogen-bond donors (Lipinski definition) is 2. The highest BCUT2D eigenvalue weighted by Gasteiger charge is 2.29. The number of nitrogens with one attached hydrogen (secondary N) is 1. The first-order valence-corrected chi connectivity index (χ1v) is 8.14. The van der Waals surface area contributed by atoms with Gasteiger partial charge in [-0.3, -0.25) is 4.79 Å². The quantitative estimate of drug-likeness (QED) is 0.640. The molecule has 0 aromatic carbocycles. The van der Waals surface area contributed by atoms with E-state index >= 15 is 0 Å². The molecule has 1 amide bonds. The van der Waals surface area contributed by atoms with E-state index in [-0.39, 0.29) is 5.91 Å². The van der Waals surface area contributed by atoms with Crippen LogP contribution in [0.5, 0.6) is 0 Å². The van der Waals surface area contributed by atoms with Crippen molar-refractivity contribution in [3.8, 4) is 0 Å². The van der Waals surface area contributed by atoms with Crippen molar-refractivity contribution in [1.82, 2.24) is 5.32 Å². The van der Waals surface area contributed by atoms with Gasteiger partial charge < -0.3 is 15.8 Å². The molecule has 0 aromatic rings. The van der Waals surface area contributed by atoms with Gasteiger partial charge in [0.1, 0.15) is 0 Å². The van der Waals surface area contributed by atoms with Crippen LogP contribution in [0, 0.1) is 5.92 Å². The molecule has 1 atom stereocenters. The highest BCUT2D eigenvalue weighted by molar-refractivity contribution is 5.84. The van der Waals surface area contributed by atoms with E-state index in [1.54, 1.807) is 0 Å². The Morgan fingerprint density at radius 2 is 2.00 bits per heavy atom. The molecule has 118 valence electrons. The molecular weight excluding hydrogens is 252 g/mol. The van der Waals surface area contributed by atoms with Gasteiger partial charge in [0.15, 0.2) is 0 Å². The van der Waals surface area contributed by atoms with Crippen molar-refractivity contribution >= 4 is 5.91 Å². The Morgan fingerprint density at radius 3 is 2.55 bits per heavy atom. The Balaban J connectivity index is 2.22. The topological polar surface area (TPSA) is 64.3 Å². The summed E-state index contributed by atoms with van der Waals surface area (Å²) >= 11 is 0. The summed E-state index contributed by atoms with van der Waals surface area (Å²) < 4.78 is 5.93. The summed E-state index contributed by atoms with van der Waals surface area (Å²) in [5, 5.41) is 3.26. The van der Waals surface area contributed by atoms with Gasteiger partial charge in [-0.15, -0.1) is 0 Å². The van der Waals surface area contributed by atoms with Gasteiger partial charge in [0.25, 0.3) is 0 Å². The van der Waals surface area contributed by atoms with E-state index < -0.39 is 5.54 Å². The first-order chi connectivity index (χ1) is 9.48. The summed E-state index contributed by atoms with van der Waals surface area (Å²) in [6.07, 6.45) is 7.97. The summed E-state index contributed by atoms with van der Waals surface area (Å²) in [5.74, 6) is 0.587. The standard InChI is InChI=1S/C16H32N2O2/c1-4-11-18-16(3,15(17)19)10-5-12-20-14-8-6-13(2)7-9-14/h13-14,18H,4-12H2,1-3H3,(H2,17,19). The van der Waals surface area contributed by atoms with E-state index in [4.69, 9.17) is 10.5 Å². The van der Waals surface area contributed by atoms with Crippen LogP contribution >= 0.6 is 0 Å². The minimum absolute atomic E-state index is 0.266. The molecule has 1 saturated carbocycles. The van der Waals surface area contributed by atoms with Gasteiger partial charge in [-0.25, -0.2) is 0 Å². The van der Waals surface area contributed by atoms with Crippen LogP contribution in [0.2, 0.25) is 0 Å². The van der Waals surface area contributed by atoms with Crippen LogP contribution in [0.1, 0.15) is 65.7 Å². The molecular formula is C16H32N2O2. The first kappa shape index (κ1) is 17.4. The monoisotopic (exact) mass is 284 g/mol. The smallest absolute Gasteiger partial charge is 0.237 e. The van der Waals surface area contributed by atoms with Gasteiger partial charge in [-0.2, -0.15) is 0 Å². The van der Waals surface area contributed by atoms with Crippen molar-refractivity contribution in [2.45, 2.75) is 77.4 Å². The number of carbonyl (C=O) groups is 1. The van der Waals surface area contributed by atoms with Crippen molar-refractivity contribution in [3.63, 3.8) is 0 Å². The number of amides is 1. The van der Waals surface area contributed by atoms with E-state index in [1.165, 1.54) is 25.7 Å². The maximum atomic E-state index is 11.6. The molecule has 0 saturated heterocycles. The van der Waals surface area contributed by atoms with Crippen LogP contribution in [0.25, 0.3) is 0 Å². The molecule has 0 spiro atoms. The fourth-order valence-electron chi connectivity index (χ4n) is 2.77. The molecule has 20 heavy (non-hydrogen) atoms. The molecule has 0 aliphatic heterocycles. The fourth-order valence-corrected chi connectivity index (χ4v) is 2.77. The molecule has 0 heterocycles. The van der Waals surface area contributed by atoms with Crippen LogP contribution in [-0.4, -0.2) is 30.7 Å². The van der Waals surface area contributed by atoms with E-state index in [2.05, 4.69) is 19.2 Å². The molecule has 4 heteroatoms. The zero-order chi connectivity index (χ0) is 15.0. The summed E-state index contributed by atoms with van der Waals surface area (Å²) in [5.41, 5.74) is 4.91. The third-order valence-corrected chi connectivity index (χ3v) is 4.45. The second-order valence-electron chi connectivity index (χ2n) is 6.48. The minimum atomic E-state index is -0.597. The lowest BCUT2D eigenvalue weighted by Gasteiger charge is -2.29. The number of rotatable bonds is 9. The van der Waals surface area contributed by atoms with E-state index in [0.717, 1.165) is 38.3 Å². The molecule has 0 aromatic heterocycles. The molecule has 3 N–H and O–H groups in total. The van der Waals surface area contributed by atoms with Gasteiger partial charge in [0.2, 0.25) is 5.91 Å². The second-order valence-corrected chi connectivity index (χ2v) is 6.48. The van der Waals surface area contributed by atoms with Crippen molar-refractivity contribution in [2.24, 2.45) is 11.7 Å². The fraction of sp³-hybridized carbons (Fsp3) is 0.938. The minimum Gasteiger partial charge on any atom is -0.378 e. The average molecular weight is 284 g/mol. The van der Waals surface area contributed by atoms with Crippen LogP contribution < -0.4 is 11.1 Å².